The Labute approximate surface area is 139 Å². The molecule has 1 aliphatic rings. The largest absolute Gasteiger partial charge is 0.360 e. The van der Waals surface area contributed by atoms with Gasteiger partial charge in [-0.3, -0.25) is 4.98 Å². The van der Waals surface area contributed by atoms with Gasteiger partial charge >= 0.3 is 0 Å². The maximum atomic E-state index is 4.40. The Hall–Kier alpha value is -2.09. The molecule has 2 heteroatoms. The normalized spacial score (nSPS) is 15.7. The van der Waals surface area contributed by atoms with Gasteiger partial charge in [0.1, 0.15) is 0 Å². The molecule has 120 valence electrons. The molecule has 0 saturated heterocycles. The summed E-state index contributed by atoms with van der Waals surface area (Å²) < 4.78 is 0. The molecule has 0 amide bonds. The van der Waals surface area contributed by atoms with Crippen molar-refractivity contribution in [3.63, 3.8) is 0 Å². The molecule has 2 aromatic heterocycles. The first-order valence-corrected chi connectivity index (χ1v) is 8.70. The Bertz CT molecular complexity index is 792. The number of hydrogen-bond donors (Lipinski definition) is 1. The van der Waals surface area contributed by atoms with E-state index >= 15 is 0 Å². The molecule has 0 bridgehead atoms. The number of aromatic nitrogens is 2. The van der Waals surface area contributed by atoms with Gasteiger partial charge in [0.25, 0.3) is 0 Å². The molecule has 0 atom stereocenters. The van der Waals surface area contributed by atoms with Crippen LogP contribution in [0.15, 0.2) is 42.7 Å². The van der Waals surface area contributed by atoms with Crippen LogP contribution in [0.1, 0.15) is 55.5 Å². The molecular formula is C21H26N2. The lowest BCUT2D eigenvalue weighted by atomic mass is 9.60. The first kappa shape index (κ1) is 15.8. The molecular weight excluding hydrogens is 280 g/mol. The molecule has 1 fully saturated rings. The number of hydrogen-bond acceptors (Lipinski definition) is 1. The summed E-state index contributed by atoms with van der Waals surface area (Å²) in [5.41, 5.74) is 6.65. The number of pyridine rings is 1. The number of aromatic amines is 1. The smallest absolute Gasteiger partial charge is 0.0643 e. The van der Waals surface area contributed by atoms with Crippen LogP contribution in [0.2, 0.25) is 0 Å². The van der Waals surface area contributed by atoms with Crippen molar-refractivity contribution in [3.05, 3.63) is 65.1 Å². The van der Waals surface area contributed by atoms with Gasteiger partial charge in [-0.25, -0.2) is 0 Å². The van der Waals surface area contributed by atoms with Crippen LogP contribution in [0.25, 0.3) is 10.9 Å². The van der Waals surface area contributed by atoms with Crippen LogP contribution in [-0.2, 0) is 5.41 Å². The Kier molecular flexibility index (Phi) is 4.25. The molecule has 23 heavy (non-hydrogen) atoms. The molecule has 0 unspecified atom stereocenters. The fraction of sp³-hybridized carbons (Fsp3) is 0.381. The Morgan fingerprint density at radius 2 is 1.74 bits per heavy atom. The molecule has 2 heterocycles. The zero-order chi connectivity index (χ0) is 16.4. The van der Waals surface area contributed by atoms with Crippen molar-refractivity contribution in [1.29, 1.82) is 0 Å². The van der Waals surface area contributed by atoms with Crippen molar-refractivity contribution < 1.29 is 0 Å². The third-order valence-corrected chi connectivity index (χ3v) is 5.03. The minimum Gasteiger partial charge on any atom is -0.360 e. The van der Waals surface area contributed by atoms with E-state index in [1.165, 1.54) is 41.3 Å². The maximum absolute atomic E-state index is 4.40. The van der Waals surface area contributed by atoms with Gasteiger partial charge < -0.3 is 4.98 Å². The summed E-state index contributed by atoms with van der Waals surface area (Å²) in [7, 11) is 0. The van der Waals surface area contributed by atoms with Crippen LogP contribution >= 0.6 is 0 Å². The minimum absolute atomic E-state index is 0.194. The number of benzene rings is 1. The SMILES string of the molecule is CC.Cc1ccc(C2(c3c[nH]c4cnc(C)cc34)CCC2)cc1. The van der Waals surface area contributed by atoms with Crippen molar-refractivity contribution in [3.8, 4) is 0 Å². The predicted molar refractivity (Wildman–Crippen MR) is 98.0 cm³/mol. The van der Waals surface area contributed by atoms with Crippen molar-refractivity contribution in [1.82, 2.24) is 9.97 Å². The molecule has 1 aliphatic carbocycles. The molecule has 0 aliphatic heterocycles. The van der Waals surface area contributed by atoms with Crippen LogP contribution < -0.4 is 0 Å². The summed E-state index contributed by atoms with van der Waals surface area (Å²) in [6, 6.07) is 11.3. The summed E-state index contributed by atoms with van der Waals surface area (Å²) in [5.74, 6) is 0. The van der Waals surface area contributed by atoms with E-state index in [1.807, 2.05) is 20.0 Å². The third kappa shape index (κ3) is 2.56. The van der Waals surface area contributed by atoms with Gasteiger partial charge in [0.2, 0.25) is 0 Å². The zero-order valence-corrected chi connectivity index (χ0v) is 14.6. The van der Waals surface area contributed by atoms with Crippen LogP contribution in [0.4, 0.5) is 0 Å². The van der Waals surface area contributed by atoms with Gasteiger partial charge in [0, 0.05) is 22.7 Å². The molecule has 2 nitrogen and oxygen atoms in total. The average molecular weight is 306 g/mol. The molecule has 3 aromatic rings. The molecule has 0 spiro atoms. The number of nitrogens with one attached hydrogen (secondary N) is 1. The van der Waals surface area contributed by atoms with Crippen LogP contribution in [-0.4, -0.2) is 9.97 Å². The fourth-order valence-electron chi connectivity index (χ4n) is 3.64. The Morgan fingerprint density at radius 3 is 2.35 bits per heavy atom. The van der Waals surface area contributed by atoms with E-state index in [-0.39, 0.29) is 5.41 Å². The second kappa shape index (κ2) is 6.19. The highest BCUT2D eigenvalue weighted by molar-refractivity contribution is 5.85. The van der Waals surface area contributed by atoms with E-state index in [2.05, 4.69) is 60.3 Å². The number of fused-ring (bicyclic) bond motifs is 1. The van der Waals surface area contributed by atoms with Gasteiger partial charge in [-0.2, -0.15) is 0 Å². The van der Waals surface area contributed by atoms with Gasteiger partial charge in [-0.15, -0.1) is 0 Å². The molecule has 1 aromatic carbocycles. The van der Waals surface area contributed by atoms with Gasteiger partial charge in [-0.05, 0) is 43.9 Å². The monoisotopic (exact) mass is 306 g/mol. The van der Waals surface area contributed by atoms with Gasteiger partial charge in [0.15, 0.2) is 0 Å². The molecule has 1 N–H and O–H groups in total. The number of H-pyrrole nitrogens is 1. The second-order valence-corrected chi connectivity index (χ2v) is 6.38. The van der Waals surface area contributed by atoms with Gasteiger partial charge in [-0.1, -0.05) is 50.1 Å². The molecule has 1 saturated carbocycles. The summed E-state index contributed by atoms with van der Waals surface area (Å²) in [6.45, 7) is 8.22. The quantitative estimate of drug-likeness (QED) is 0.648. The zero-order valence-electron chi connectivity index (χ0n) is 14.6. The summed E-state index contributed by atoms with van der Waals surface area (Å²) in [5, 5.41) is 1.34. The van der Waals surface area contributed by atoms with E-state index in [9.17, 15) is 0 Å². The Balaban J connectivity index is 0.000000753. The number of nitrogens with zero attached hydrogens (tertiary/aromatic N) is 1. The predicted octanol–water partition coefficient (Wildman–Crippen LogP) is 5.68. The summed E-state index contributed by atoms with van der Waals surface area (Å²) in [6.07, 6.45) is 7.94. The highest BCUT2D eigenvalue weighted by Gasteiger charge is 2.41. The standard InChI is InChI=1S/C19H20N2.C2H6/c1-13-4-6-15(7-5-13)19(8-3-9-19)17-11-21-18-12-20-14(2)10-16(17)18;1-2/h4-7,10-12,21H,3,8-9H2,1-2H3;1-2H3. The fourth-order valence-corrected chi connectivity index (χ4v) is 3.64. The highest BCUT2D eigenvalue weighted by atomic mass is 14.7. The lowest BCUT2D eigenvalue weighted by Crippen LogP contribution is -2.35. The van der Waals surface area contributed by atoms with Crippen molar-refractivity contribution in [2.75, 3.05) is 0 Å². The van der Waals surface area contributed by atoms with E-state index in [4.69, 9.17) is 0 Å². The third-order valence-electron chi connectivity index (χ3n) is 5.03. The van der Waals surface area contributed by atoms with E-state index in [0.717, 1.165) is 11.2 Å². The van der Waals surface area contributed by atoms with Crippen LogP contribution in [0.3, 0.4) is 0 Å². The minimum atomic E-state index is 0.194. The lowest BCUT2D eigenvalue weighted by molar-refractivity contribution is 0.304. The number of rotatable bonds is 2. The van der Waals surface area contributed by atoms with Crippen LogP contribution in [0, 0.1) is 13.8 Å². The second-order valence-electron chi connectivity index (χ2n) is 6.38. The first-order valence-electron chi connectivity index (χ1n) is 8.70. The summed E-state index contributed by atoms with van der Waals surface area (Å²) >= 11 is 0. The van der Waals surface area contributed by atoms with Gasteiger partial charge in [0.05, 0.1) is 11.7 Å². The summed E-state index contributed by atoms with van der Waals surface area (Å²) in [4.78, 5) is 7.81. The van der Waals surface area contributed by atoms with Crippen molar-refractivity contribution in [2.24, 2.45) is 0 Å². The Morgan fingerprint density at radius 1 is 1.04 bits per heavy atom. The van der Waals surface area contributed by atoms with Crippen molar-refractivity contribution >= 4 is 10.9 Å². The molecule has 0 radical (unpaired) electrons. The topological polar surface area (TPSA) is 28.7 Å². The van der Waals surface area contributed by atoms with Crippen LogP contribution in [0.5, 0.6) is 0 Å². The first-order chi connectivity index (χ1) is 11.2. The maximum Gasteiger partial charge on any atom is 0.0643 e. The van der Waals surface area contributed by atoms with E-state index in [1.54, 1.807) is 0 Å². The van der Waals surface area contributed by atoms with Crippen molar-refractivity contribution in [2.45, 2.75) is 52.4 Å². The van der Waals surface area contributed by atoms with E-state index < -0.39 is 0 Å². The number of aryl methyl sites for hydroxylation is 2. The van der Waals surface area contributed by atoms with E-state index in [0.29, 0.717) is 0 Å². The highest BCUT2D eigenvalue weighted by Crippen LogP contribution is 2.50. The molecule has 4 rings (SSSR count). The average Bonchev–Trinajstić information content (AvgIpc) is 2.94. The lowest BCUT2D eigenvalue weighted by Gasteiger charge is -2.42.